The van der Waals surface area contributed by atoms with Gasteiger partial charge in [-0.25, -0.2) is 24.1 Å². The number of methoxy groups -OCH3 is 2. The number of nitrogen functional groups attached to an aromatic ring is 2. The molecule has 15 atom stereocenters. The molecule has 33 nitrogen and oxygen atoms in total. The van der Waals surface area contributed by atoms with Gasteiger partial charge in [0, 0.05) is 108 Å². The molecule has 1 aliphatic carbocycles. The molecule has 3 fully saturated rings. The Morgan fingerprint density at radius 2 is 1.52 bits per heavy atom. The number of aryl methyl sites for hydroxylation is 2. The summed E-state index contributed by atoms with van der Waals surface area (Å²) in [4.78, 5) is 110. The molecule has 644 valence electrons. The monoisotopic (exact) mass is 1630 g/mol. The van der Waals surface area contributed by atoms with E-state index in [4.69, 9.17) is 64.6 Å². The minimum absolute atomic E-state index is 0.0228. The molecule has 3 aliphatic heterocycles. The van der Waals surface area contributed by atoms with Gasteiger partial charge in [0.2, 0.25) is 17.6 Å². The molecule has 4 aromatic heterocycles. The van der Waals surface area contributed by atoms with E-state index in [1.54, 1.807) is 50.4 Å². The van der Waals surface area contributed by atoms with Crippen LogP contribution >= 0.6 is 0 Å². The van der Waals surface area contributed by atoms with Gasteiger partial charge in [0.1, 0.15) is 53.5 Å². The normalized spacial score (nSPS) is 27.7. The number of rotatable bonds is 33. The summed E-state index contributed by atoms with van der Waals surface area (Å²) in [6.45, 7) is 14.9. The number of carbonyl (C=O) groups is 7. The van der Waals surface area contributed by atoms with Crippen molar-refractivity contribution >= 4 is 75.0 Å². The third kappa shape index (κ3) is 26.9. The summed E-state index contributed by atoms with van der Waals surface area (Å²) in [5.41, 5.74) is 24.1. The van der Waals surface area contributed by atoms with Gasteiger partial charge in [0.05, 0.1) is 81.7 Å². The summed E-state index contributed by atoms with van der Waals surface area (Å²) in [6, 6.07) is 3.39. The third-order valence-corrected chi connectivity index (χ3v) is 22.7. The molecule has 11 N–H and O–H groups in total. The van der Waals surface area contributed by atoms with Crippen molar-refractivity contribution in [2.24, 2.45) is 35.3 Å². The van der Waals surface area contributed by atoms with E-state index in [0.717, 1.165) is 34.6 Å². The maximum atomic E-state index is 14.7. The smallest absolute Gasteiger partial charge is 0.329 e. The number of Topliss-reactive ketones (excluding diaryl/α,β-unsaturated/α-hetero) is 3. The van der Waals surface area contributed by atoms with Gasteiger partial charge in [0.15, 0.2) is 17.0 Å². The van der Waals surface area contributed by atoms with Gasteiger partial charge >= 0.3 is 5.97 Å². The number of allylic oxidation sites excluding steroid dienone is 6. The molecule has 4 aliphatic rings. The van der Waals surface area contributed by atoms with Gasteiger partial charge in [-0.2, -0.15) is 10.1 Å². The number of nitrogens with one attached hydrogen (secondary N) is 2. The minimum atomic E-state index is -2.49. The highest BCUT2D eigenvalue weighted by atomic mass is 16.6. The number of carbonyl (C=O) groups excluding carboxylic acids is 7. The number of ether oxygens (including phenoxy) is 8. The number of benzene rings is 1. The van der Waals surface area contributed by atoms with E-state index in [2.05, 4.69) is 35.9 Å². The van der Waals surface area contributed by atoms with Crippen molar-refractivity contribution < 1.29 is 91.2 Å². The minimum Gasteiger partial charge on any atom is -0.459 e. The van der Waals surface area contributed by atoms with Crippen LogP contribution in [0.1, 0.15) is 169 Å². The number of oxazole rings is 1. The molecule has 33 heteroatoms. The lowest BCUT2D eigenvalue weighted by Gasteiger charge is -2.42. The van der Waals surface area contributed by atoms with Crippen molar-refractivity contribution in [3.8, 4) is 11.3 Å². The number of amides is 3. The number of hydrogen-bond acceptors (Lipinski definition) is 28. The van der Waals surface area contributed by atoms with Gasteiger partial charge in [-0.3, -0.25) is 28.8 Å². The van der Waals surface area contributed by atoms with Crippen molar-refractivity contribution in [2.75, 3.05) is 91.6 Å². The molecule has 5 aromatic rings. The Bertz CT molecular complexity index is 4200. The van der Waals surface area contributed by atoms with Crippen LogP contribution in [-0.4, -0.2) is 242 Å². The number of aliphatic hydroxyl groups is 3. The summed E-state index contributed by atoms with van der Waals surface area (Å²) in [5, 5.41) is 54.4. The molecule has 2 bridgehead atoms. The lowest BCUT2D eigenvalue weighted by Crippen LogP contribution is -2.61. The lowest BCUT2D eigenvalue weighted by molar-refractivity contribution is -0.265. The summed E-state index contributed by atoms with van der Waals surface area (Å²) in [7, 11) is 3.19. The summed E-state index contributed by atoms with van der Waals surface area (Å²) in [6.07, 6.45) is 17.1. The summed E-state index contributed by atoms with van der Waals surface area (Å²) in [5.74, 6) is -8.90. The Labute approximate surface area is 684 Å². The number of aromatic nitrogens is 8. The molecule has 2 saturated heterocycles. The van der Waals surface area contributed by atoms with Crippen LogP contribution < -0.4 is 27.8 Å². The summed E-state index contributed by atoms with van der Waals surface area (Å²) < 4.78 is 56.7. The van der Waals surface area contributed by atoms with Crippen LogP contribution in [0.25, 0.3) is 33.4 Å². The third-order valence-electron chi connectivity index (χ3n) is 22.7. The van der Waals surface area contributed by atoms with E-state index in [1.165, 1.54) is 19.3 Å². The van der Waals surface area contributed by atoms with Crippen LogP contribution in [0.3, 0.4) is 0 Å². The van der Waals surface area contributed by atoms with E-state index < -0.39 is 95.4 Å². The predicted octanol–water partition coefficient (Wildman–Crippen LogP) is 6.90. The first-order valence-corrected chi connectivity index (χ1v) is 41.6. The van der Waals surface area contributed by atoms with Gasteiger partial charge in [0.25, 0.3) is 17.7 Å². The molecule has 9 rings (SSSR count). The number of nitrogens with two attached hydrogens (primary N) is 3. The fourth-order valence-electron chi connectivity index (χ4n) is 15.7. The van der Waals surface area contributed by atoms with Crippen molar-refractivity contribution in [1.82, 2.24) is 55.3 Å². The first-order valence-electron chi connectivity index (χ1n) is 41.6. The predicted molar refractivity (Wildman–Crippen MR) is 435 cm³/mol. The largest absolute Gasteiger partial charge is 0.459 e. The number of nitrogens with zero attached hydrogens (tertiary/aromatic N) is 9. The number of hydrogen-bond donors (Lipinski definition) is 8. The molecule has 117 heavy (non-hydrogen) atoms. The first kappa shape index (κ1) is 92.3. The molecule has 1 saturated carbocycles. The van der Waals surface area contributed by atoms with E-state index in [1.807, 2.05) is 62.6 Å². The van der Waals surface area contributed by atoms with E-state index >= 15 is 0 Å². The fourth-order valence-corrected chi connectivity index (χ4v) is 15.7. The van der Waals surface area contributed by atoms with Gasteiger partial charge in [-0.1, -0.05) is 69.4 Å². The van der Waals surface area contributed by atoms with E-state index in [-0.39, 0.29) is 86.1 Å². The average molecular weight is 1630 g/mol. The molecule has 3 amide bonds. The number of esters is 1. The SMILES string of the molecule is CO[C@H]1C[C@@H]2CC[C@@H](C)[C@@](O)(O2)C(=O)C(=O)N2CCCC[C@H]2C(=O)O[C@H]([C@H](N)C[C@@H]2CC[C@@H](OCCCCc3cn(CCOCCOCCOCCNC(=O)CCCC(=O)NCCCCn4nc(-c5ccc6oc(N)nc6c5)c5c(N)ncnc54)nn3)[C@H](OC)C2)CC(=O)[C@H](C)/C=C(\C)[C@@H](O)[C@@H](O)C(=O)[C@H](C)C[C@H](C)/C=C/C=C/C=C/1C. The van der Waals surface area contributed by atoms with Crippen LogP contribution in [0.15, 0.2) is 82.7 Å². The zero-order valence-corrected chi connectivity index (χ0v) is 69.2. The number of anilines is 2. The van der Waals surface area contributed by atoms with Crippen molar-refractivity contribution in [2.45, 2.75) is 244 Å². The quantitative estimate of drug-likeness (QED) is 0.00915. The topological polar surface area (TPSA) is 460 Å². The van der Waals surface area contributed by atoms with Crippen LogP contribution in [-0.2, 0) is 91.0 Å². The maximum absolute atomic E-state index is 14.7. The number of fused-ring (bicyclic) bond motifs is 5. The van der Waals surface area contributed by atoms with Crippen LogP contribution in [0.2, 0.25) is 0 Å². The van der Waals surface area contributed by atoms with E-state index in [9.17, 15) is 48.9 Å². The maximum Gasteiger partial charge on any atom is 0.329 e. The Morgan fingerprint density at radius 1 is 0.769 bits per heavy atom. The second kappa shape index (κ2) is 46.1. The van der Waals surface area contributed by atoms with E-state index in [0.29, 0.717) is 190 Å². The van der Waals surface area contributed by atoms with Gasteiger partial charge in [-0.15, -0.1) is 5.10 Å². The highest BCUT2D eigenvalue weighted by Gasteiger charge is 2.53. The highest BCUT2D eigenvalue weighted by Crippen LogP contribution is 2.39. The fraction of sp³-hybridized carbons (Fsp3) is 0.655. The number of ketones is 3. The number of cyclic esters (lactones) is 1. The van der Waals surface area contributed by atoms with Gasteiger partial charge < -0.3 is 90.4 Å². The average Bonchev–Trinajstić information content (AvgIpc) is 1.76. The molecule has 7 heterocycles. The number of unbranched alkanes of at least 4 members (excludes halogenated alkanes) is 2. The number of piperidine rings is 1. The van der Waals surface area contributed by atoms with Crippen LogP contribution in [0, 0.1) is 29.6 Å². The van der Waals surface area contributed by atoms with Gasteiger partial charge in [-0.05, 0) is 158 Å². The molecule has 0 unspecified atom stereocenters. The van der Waals surface area contributed by atoms with Crippen LogP contribution in [0.5, 0.6) is 0 Å². The molecular formula is C84H124N14O19. The summed E-state index contributed by atoms with van der Waals surface area (Å²) >= 11 is 0. The Balaban J connectivity index is 0.644. The number of aliphatic hydroxyl groups excluding tert-OH is 2. The molecule has 0 radical (unpaired) electrons. The second-order valence-corrected chi connectivity index (χ2v) is 31.7. The Morgan fingerprint density at radius 3 is 2.28 bits per heavy atom. The highest BCUT2D eigenvalue weighted by molar-refractivity contribution is 6.39. The zero-order valence-electron chi connectivity index (χ0n) is 69.2. The van der Waals surface area contributed by atoms with Crippen molar-refractivity contribution in [1.29, 1.82) is 0 Å². The standard InChI is InChI=1S/C84H124N14O19/c1-52-19-10-9-11-20-53(2)68(109-7)48-61-28-25-57(6)84(108,117-61)78(105)81(106)97-33-15-12-22-64(97)82(107)115-69(49-65(99)54(3)44-56(5)76(103)77(104)75(102)55(4)43-52)62(85)45-58-26-29-67(70(46-58)110-8)114-36-17-13-21-60-50-96(95-93-60)35-38-112-40-42-113-41-39-111-37-32-89-72(101)24-18-23-71(100)88-31-14-16-34-98-80-73(79(86)90-51-91-80)74(94-98)59-27-30-66-63(47-59)92-83(87)116-66/h9-11,19-20,27,30,44,47,50-52,54-55,57-58,61-62,64,67-70,76-77,103-104,108H,12-18,21-26,28-29,31-43,45-46,48-49,85H2,1-8H3,(H2,87,92)(H,88,100)(H,89,101)(H2,86,90,91)/b11-9+,19-10+,53-20+,56-44+/t52-,54-,55-,57-,58+,61+,62-,64+,67-,68+,69+,70-,76-,77+,84-/m1/s1. The molecular weight excluding hydrogens is 1510 g/mol. The van der Waals surface area contributed by atoms with Crippen molar-refractivity contribution in [3.05, 3.63) is 84.0 Å². The zero-order chi connectivity index (χ0) is 84.1. The lowest BCUT2D eigenvalue weighted by atomic mass is 9.80. The van der Waals surface area contributed by atoms with Crippen LogP contribution in [0.4, 0.5) is 11.8 Å². The Kier molecular flexibility index (Phi) is 36.4. The molecule has 1 aromatic carbocycles. The first-order chi connectivity index (χ1) is 56.2. The molecule has 0 spiro atoms. The van der Waals surface area contributed by atoms with Crippen molar-refractivity contribution in [3.63, 3.8) is 0 Å². The Hall–Kier alpha value is -8.61. The second-order valence-electron chi connectivity index (χ2n) is 31.7.